The molecule has 7 heteroatoms. The minimum absolute atomic E-state index is 0.0591. The Kier molecular flexibility index (Phi) is 2.56. The first-order valence-corrected chi connectivity index (χ1v) is 6.10. The van der Waals surface area contributed by atoms with Gasteiger partial charge in [0.15, 0.2) is 5.75 Å². The molecule has 2 rings (SSSR count). The predicted molar refractivity (Wildman–Crippen MR) is 62.4 cm³/mol. The molecule has 0 fully saturated rings. The number of fused-ring (bicyclic) bond motifs is 1. The lowest BCUT2D eigenvalue weighted by Gasteiger charge is -2.04. The van der Waals surface area contributed by atoms with Gasteiger partial charge in [0.25, 0.3) is 0 Å². The number of primary sulfonamides is 1. The van der Waals surface area contributed by atoms with Crippen LogP contribution in [0.5, 0.6) is 5.75 Å². The van der Waals surface area contributed by atoms with Crippen LogP contribution in [0.25, 0.3) is 10.8 Å². The van der Waals surface area contributed by atoms with Crippen LogP contribution in [-0.4, -0.2) is 13.5 Å². The van der Waals surface area contributed by atoms with Crippen LogP contribution in [0.15, 0.2) is 40.4 Å². The van der Waals surface area contributed by atoms with Crippen molar-refractivity contribution in [1.82, 2.24) is 0 Å². The van der Waals surface area contributed by atoms with E-state index in [1.54, 1.807) is 0 Å². The van der Waals surface area contributed by atoms with Crippen molar-refractivity contribution < 1.29 is 13.5 Å². The third-order valence-electron chi connectivity index (χ3n) is 2.37. The van der Waals surface area contributed by atoms with Crippen LogP contribution in [-0.2, 0) is 10.0 Å². The van der Waals surface area contributed by atoms with Gasteiger partial charge in [-0.15, -0.1) is 4.91 Å². The van der Waals surface area contributed by atoms with E-state index in [9.17, 15) is 18.4 Å². The lowest BCUT2D eigenvalue weighted by atomic mass is 10.1. The number of nitrogens with two attached hydrogens (primary N) is 1. The van der Waals surface area contributed by atoms with Crippen molar-refractivity contribution >= 4 is 26.5 Å². The Bertz CT molecular complexity index is 710. The molecule has 3 N–H and O–H groups in total. The molecule has 0 aromatic heterocycles. The number of sulfonamides is 1. The van der Waals surface area contributed by atoms with Gasteiger partial charge in [-0.25, -0.2) is 13.6 Å². The highest BCUT2D eigenvalue weighted by atomic mass is 32.2. The number of aromatic hydroxyl groups is 1. The second-order valence-corrected chi connectivity index (χ2v) is 5.01. The number of rotatable bonds is 2. The number of nitrogens with zero attached hydrogens (tertiary/aromatic N) is 1. The van der Waals surface area contributed by atoms with E-state index in [1.165, 1.54) is 30.3 Å². The standard InChI is InChI=1S/C10H8N2O4S/c11-17(15,16)7-2-3-8-6(5-7)1-4-9(12-14)10(8)13/h1-5,13H,(H2,11,15,16). The molecule has 2 aromatic carbocycles. The molecule has 0 spiro atoms. The van der Waals surface area contributed by atoms with Crippen LogP contribution in [0, 0.1) is 4.91 Å². The van der Waals surface area contributed by atoms with Crippen LogP contribution in [0.1, 0.15) is 0 Å². The monoisotopic (exact) mass is 252 g/mol. The lowest BCUT2D eigenvalue weighted by molar-refractivity contribution is 0.483. The molecule has 0 aliphatic heterocycles. The van der Waals surface area contributed by atoms with Crippen molar-refractivity contribution in [3.63, 3.8) is 0 Å². The smallest absolute Gasteiger partial charge is 0.238 e. The number of benzene rings is 2. The van der Waals surface area contributed by atoms with Crippen molar-refractivity contribution in [2.24, 2.45) is 10.3 Å². The Labute approximate surface area is 96.7 Å². The van der Waals surface area contributed by atoms with Gasteiger partial charge in [-0.3, -0.25) is 0 Å². The summed E-state index contributed by atoms with van der Waals surface area (Å²) in [4.78, 5) is 10.3. The topological polar surface area (TPSA) is 110 Å². The third-order valence-corrected chi connectivity index (χ3v) is 3.28. The highest BCUT2D eigenvalue weighted by Crippen LogP contribution is 2.35. The second kappa shape index (κ2) is 3.79. The van der Waals surface area contributed by atoms with Gasteiger partial charge in [0.2, 0.25) is 10.0 Å². The fourth-order valence-electron chi connectivity index (χ4n) is 1.53. The van der Waals surface area contributed by atoms with Crippen molar-refractivity contribution in [2.75, 3.05) is 0 Å². The zero-order valence-corrected chi connectivity index (χ0v) is 9.31. The van der Waals surface area contributed by atoms with E-state index in [4.69, 9.17) is 5.14 Å². The number of hydrogen-bond acceptors (Lipinski definition) is 5. The minimum Gasteiger partial charge on any atom is -0.505 e. The number of nitroso groups, excluding NO2 is 1. The van der Waals surface area contributed by atoms with E-state index in [0.717, 1.165) is 0 Å². The first kappa shape index (κ1) is 11.5. The Morgan fingerprint density at radius 1 is 1.18 bits per heavy atom. The maximum Gasteiger partial charge on any atom is 0.238 e. The van der Waals surface area contributed by atoms with Gasteiger partial charge in [-0.2, -0.15) is 0 Å². The predicted octanol–water partition coefficient (Wildman–Crippen LogP) is 1.59. The van der Waals surface area contributed by atoms with Crippen LogP contribution >= 0.6 is 0 Å². The van der Waals surface area contributed by atoms with E-state index in [1.807, 2.05) is 0 Å². The summed E-state index contributed by atoms with van der Waals surface area (Å²) in [7, 11) is -3.79. The van der Waals surface area contributed by atoms with E-state index >= 15 is 0 Å². The highest BCUT2D eigenvalue weighted by molar-refractivity contribution is 7.89. The molecule has 0 amide bonds. The van der Waals surface area contributed by atoms with Gasteiger partial charge >= 0.3 is 0 Å². The van der Waals surface area contributed by atoms with E-state index < -0.39 is 10.0 Å². The van der Waals surface area contributed by atoms with Crippen LogP contribution in [0.4, 0.5) is 5.69 Å². The quantitative estimate of drug-likeness (QED) is 0.790. The summed E-state index contributed by atoms with van der Waals surface area (Å²) in [6, 6.07) is 6.74. The molecule has 6 nitrogen and oxygen atoms in total. The molecule has 88 valence electrons. The van der Waals surface area contributed by atoms with E-state index in [2.05, 4.69) is 5.18 Å². The SMILES string of the molecule is NS(=O)(=O)c1ccc2c(O)c(N=O)ccc2c1. The van der Waals surface area contributed by atoms with Crippen molar-refractivity contribution in [3.8, 4) is 5.75 Å². The van der Waals surface area contributed by atoms with E-state index in [-0.39, 0.29) is 16.3 Å². The molecular weight excluding hydrogens is 244 g/mol. The zero-order chi connectivity index (χ0) is 12.6. The fourth-order valence-corrected chi connectivity index (χ4v) is 2.08. The van der Waals surface area contributed by atoms with Crippen LogP contribution in [0.3, 0.4) is 0 Å². The average molecular weight is 252 g/mol. The molecule has 17 heavy (non-hydrogen) atoms. The zero-order valence-electron chi connectivity index (χ0n) is 8.49. The van der Waals surface area contributed by atoms with Gasteiger partial charge in [0.1, 0.15) is 5.69 Å². The number of phenolic OH excluding ortho intramolecular Hbond substituents is 1. The van der Waals surface area contributed by atoms with Gasteiger partial charge in [-0.1, -0.05) is 6.07 Å². The number of hydrogen-bond donors (Lipinski definition) is 2. The molecule has 0 radical (unpaired) electrons. The average Bonchev–Trinajstić information content (AvgIpc) is 2.28. The molecule has 0 bridgehead atoms. The largest absolute Gasteiger partial charge is 0.505 e. The molecule has 0 aliphatic carbocycles. The summed E-state index contributed by atoms with van der Waals surface area (Å²) < 4.78 is 22.3. The normalized spacial score (nSPS) is 11.6. The first-order valence-electron chi connectivity index (χ1n) is 4.55. The Hall–Kier alpha value is -1.99. The highest BCUT2D eigenvalue weighted by Gasteiger charge is 2.11. The summed E-state index contributed by atoms with van der Waals surface area (Å²) >= 11 is 0. The molecule has 2 aromatic rings. The molecule has 0 atom stereocenters. The maximum atomic E-state index is 11.1. The summed E-state index contributed by atoms with van der Waals surface area (Å²) in [5.74, 6) is -0.279. The molecular formula is C10H8N2O4S. The summed E-state index contributed by atoms with van der Waals surface area (Å²) in [6.45, 7) is 0. The molecule has 0 saturated heterocycles. The second-order valence-electron chi connectivity index (χ2n) is 3.45. The van der Waals surface area contributed by atoms with Gasteiger partial charge < -0.3 is 5.11 Å². The maximum absolute atomic E-state index is 11.1. The van der Waals surface area contributed by atoms with Crippen LogP contribution < -0.4 is 5.14 Å². The number of phenols is 1. The summed E-state index contributed by atoms with van der Waals surface area (Å²) in [5.41, 5.74) is -0.0964. The van der Waals surface area contributed by atoms with Gasteiger partial charge in [0.05, 0.1) is 4.90 Å². The molecule has 0 aliphatic rings. The lowest BCUT2D eigenvalue weighted by Crippen LogP contribution is -2.11. The Balaban J connectivity index is 2.78. The van der Waals surface area contributed by atoms with Crippen molar-refractivity contribution in [2.45, 2.75) is 4.90 Å². The fraction of sp³-hybridized carbons (Fsp3) is 0. The van der Waals surface area contributed by atoms with E-state index in [0.29, 0.717) is 10.8 Å². The first-order chi connectivity index (χ1) is 7.93. The Morgan fingerprint density at radius 2 is 1.88 bits per heavy atom. The Morgan fingerprint density at radius 3 is 2.47 bits per heavy atom. The van der Waals surface area contributed by atoms with Crippen molar-refractivity contribution in [3.05, 3.63) is 35.2 Å². The van der Waals surface area contributed by atoms with Gasteiger partial charge in [0, 0.05) is 5.39 Å². The van der Waals surface area contributed by atoms with Crippen molar-refractivity contribution in [1.29, 1.82) is 0 Å². The molecule has 0 unspecified atom stereocenters. The molecule has 0 heterocycles. The third kappa shape index (κ3) is 1.97. The molecule has 0 saturated carbocycles. The summed E-state index contributed by atoms with van der Waals surface area (Å²) in [6.07, 6.45) is 0. The van der Waals surface area contributed by atoms with Gasteiger partial charge in [-0.05, 0) is 34.8 Å². The minimum atomic E-state index is -3.79. The summed E-state index contributed by atoms with van der Waals surface area (Å²) in [5, 5.41) is 18.1. The van der Waals surface area contributed by atoms with Crippen LogP contribution in [0.2, 0.25) is 0 Å².